The Labute approximate surface area is 129 Å². The van der Waals surface area contributed by atoms with Gasteiger partial charge in [-0.05, 0) is 24.6 Å². The van der Waals surface area contributed by atoms with Gasteiger partial charge >= 0.3 is 0 Å². The highest BCUT2D eigenvalue weighted by Gasteiger charge is 2.10. The number of thiazole rings is 1. The van der Waals surface area contributed by atoms with Crippen molar-refractivity contribution in [2.75, 3.05) is 0 Å². The van der Waals surface area contributed by atoms with Crippen LogP contribution >= 0.6 is 11.3 Å². The number of halogens is 2. The van der Waals surface area contributed by atoms with E-state index in [1.807, 2.05) is 6.92 Å². The third-order valence-corrected chi connectivity index (χ3v) is 4.15. The van der Waals surface area contributed by atoms with Gasteiger partial charge < -0.3 is 5.32 Å². The molecule has 0 fully saturated rings. The van der Waals surface area contributed by atoms with Gasteiger partial charge in [-0.25, -0.2) is 13.8 Å². The number of nitrogens with zero attached hydrogens (tertiary/aromatic N) is 2. The molecule has 1 N–H and O–H groups in total. The van der Waals surface area contributed by atoms with Gasteiger partial charge in [0.25, 0.3) is 5.56 Å². The minimum absolute atomic E-state index is 0.136. The Morgan fingerprint density at radius 2 is 2.14 bits per heavy atom. The lowest BCUT2D eigenvalue weighted by Crippen LogP contribution is -2.21. The zero-order valence-corrected chi connectivity index (χ0v) is 12.5. The van der Waals surface area contributed by atoms with Crippen molar-refractivity contribution in [2.45, 2.75) is 19.5 Å². The summed E-state index contributed by atoms with van der Waals surface area (Å²) in [6, 6.07) is 5.06. The van der Waals surface area contributed by atoms with E-state index in [4.69, 9.17) is 0 Å². The van der Waals surface area contributed by atoms with Crippen LogP contribution < -0.4 is 10.9 Å². The first kappa shape index (κ1) is 14.8. The Morgan fingerprint density at radius 3 is 2.91 bits per heavy atom. The van der Waals surface area contributed by atoms with Crippen molar-refractivity contribution in [3.05, 3.63) is 69.1 Å². The minimum atomic E-state index is -0.873. The molecule has 0 spiro atoms. The summed E-state index contributed by atoms with van der Waals surface area (Å²) in [5, 5.41) is 4.95. The Hall–Kier alpha value is -2.12. The normalized spacial score (nSPS) is 12.7. The van der Waals surface area contributed by atoms with Crippen LogP contribution in [0.3, 0.4) is 0 Å². The molecule has 0 radical (unpaired) electrons. The first-order chi connectivity index (χ1) is 10.5. The molecule has 0 saturated heterocycles. The van der Waals surface area contributed by atoms with Gasteiger partial charge in [0.05, 0.1) is 5.69 Å². The summed E-state index contributed by atoms with van der Waals surface area (Å²) in [6.45, 7) is 2.20. The molecule has 1 atom stereocenters. The average Bonchev–Trinajstić information content (AvgIpc) is 2.96. The number of nitrogens with one attached hydrogen (secondary N) is 1. The highest BCUT2D eigenvalue weighted by Crippen LogP contribution is 2.16. The molecule has 3 aromatic rings. The molecule has 2 aromatic heterocycles. The average molecular weight is 321 g/mol. The predicted octanol–water partition coefficient (Wildman–Crippen LogP) is 2.89. The zero-order valence-electron chi connectivity index (χ0n) is 11.7. The molecule has 0 saturated carbocycles. The van der Waals surface area contributed by atoms with Gasteiger partial charge in [0.1, 0.15) is 0 Å². The third-order valence-electron chi connectivity index (χ3n) is 3.39. The van der Waals surface area contributed by atoms with Crippen LogP contribution in [-0.4, -0.2) is 9.38 Å². The van der Waals surface area contributed by atoms with Crippen molar-refractivity contribution in [2.24, 2.45) is 0 Å². The van der Waals surface area contributed by atoms with Crippen LogP contribution in [0.5, 0.6) is 0 Å². The topological polar surface area (TPSA) is 46.4 Å². The van der Waals surface area contributed by atoms with E-state index in [1.54, 1.807) is 11.6 Å². The fourth-order valence-electron chi connectivity index (χ4n) is 2.14. The molecule has 0 amide bonds. The van der Waals surface area contributed by atoms with Crippen molar-refractivity contribution in [1.29, 1.82) is 0 Å². The van der Waals surface area contributed by atoms with E-state index in [-0.39, 0.29) is 11.6 Å². The lowest BCUT2D eigenvalue weighted by Gasteiger charge is -2.14. The van der Waals surface area contributed by atoms with Crippen molar-refractivity contribution in [3.8, 4) is 0 Å². The standard InChI is InChI=1S/C15H13F2N3OS/c1-9(10-2-3-12(16)13(17)6-10)18-8-11-7-14(21)20-4-5-22-15(20)19-11/h2-7,9,18H,8H2,1H3/t9-/m0/s1. The molecule has 7 heteroatoms. The molecule has 114 valence electrons. The quantitative estimate of drug-likeness (QED) is 0.804. The molecule has 4 nitrogen and oxygen atoms in total. The monoisotopic (exact) mass is 321 g/mol. The van der Waals surface area contributed by atoms with E-state index in [9.17, 15) is 13.6 Å². The number of fused-ring (bicyclic) bond motifs is 1. The second kappa shape index (κ2) is 5.94. The van der Waals surface area contributed by atoms with Crippen LogP contribution in [-0.2, 0) is 6.54 Å². The van der Waals surface area contributed by atoms with Gasteiger partial charge in [0, 0.05) is 30.2 Å². The van der Waals surface area contributed by atoms with E-state index in [2.05, 4.69) is 10.3 Å². The van der Waals surface area contributed by atoms with E-state index in [0.29, 0.717) is 22.8 Å². The van der Waals surface area contributed by atoms with Crippen molar-refractivity contribution < 1.29 is 8.78 Å². The lowest BCUT2D eigenvalue weighted by molar-refractivity contribution is 0.500. The van der Waals surface area contributed by atoms with E-state index in [0.717, 1.165) is 12.1 Å². The van der Waals surface area contributed by atoms with Crippen molar-refractivity contribution >= 4 is 16.3 Å². The third kappa shape index (κ3) is 2.90. The number of benzene rings is 1. The molecular weight excluding hydrogens is 308 g/mol. The summed E-state index contributed by atoms with van der Waals surface area (Å²) < 4.78 is 27.6. The van der Waals surface area contributed by atoms with Gasteiger partial charge in [-0.1, -0.05) is 6.07 Å². The Kier molecular flexibility index (Phi) is 4.00. The molecule has 22 heavy (non-hydrogen) atoms. The van der Waals surface area contributed by atoms with E-state index < -0.39 is 11.6 Å². The molecule has 0 unspecified atom stereocenters. The Balaban J connectivity index is 1.75. The second-order valence-corrected chi connectivity index (χ2v) is 5.79. The maximum atomic E-state index is 13.2. The van der Waals surface area contributed by atoms with Crippen LogP contribution in [0.25, 0.3) is 4.96 Å². The summed E-state index contributed by atoms with van der Waals surface area (Å²) in [6.07, 6.45) is 1.68. The summed E-state index contributed by atoms with van der Waals surface area (Å²) >= 11 is 1.38. The molecule has 2 heterocycles. The van der Waals surface area contributed by atoms with Crippen LogP contribution in [0.1, 0.15) is 24.2 Å². The first-order valence-electron chi connectivity index (χ1n) is 6.69. The van der Waals surface area contributed by atoms with E-state index >= 15 is 0 Å². The molecular formula is C15H13F2N3OS. The fourth-order valence-corrected chi connectivity index (χ4v) is 2.87. The number of hydrogen-bond donors (Lipinski definition) is 1. The summed E-state index contributed by atoms with van der Waals surface area (Å²) in [5.74, 6) is -1.74. The predicted molar refractivity (Wildman–Crippen MR) is 81.0 cm³/mol. The number of aromatic nitrogens is 2. The Morgan fingerprint density at radius 1 is 1.32 bits per heavy atom. The first-order valence-corrected chi connectivity index (χ1v) is 7.56. The van der Waals surface area contributed by atoms with Crippen molar-refractivity contribution in [1.82, 2.24) is 14.7 Å². The largest absolute Gasteiger partial charge is 0.305 e. The van der Waals surface area contributed by atoms with Gasteiger partial charge in [-0.3, -0.25) is 9.20 Å². The van der Waals surface area contributed by atoms with Gasteiger partial charge in [0.2, 0.25) is 0 Å². The highest BCUT2D eigenvalue weighted by atomic mass is 32.1. The number of rotatable bonds is 4. The van der Waals surface area contributed by atoms with Crippen LogP contribution in [0.15, 0.2) is 40.6 Å². The highest BCUT2D eigenvalue weighted by molar-refractivity contribution is 7.15. The van der Waals surface area contributed by atoms with Crippen LogP contribution in [0.2, 0.25) is 0 Å². The van der Waals surface area contributed by atoms with Gasteiger partial charge in [-0.2, -0.15) is 0 Å². The molecule has 0 aliphatic heterocycles. The molecule has 1 aromatic carbocycles. The summed E-state index contributed by atoms with van der Waals surface area (Å²) in [4.78, 5) is 16.9. The molecule has 0 aliphatic carbocycles. The maximum Gasteiger partial charge on any atom is 0.258 e. The maximum absolute atomic E-state index is 13.2. The smallest absolute Gasteiger partial charge is 0.258 e. The zero-order chi connectivity index (χ0) is 15.7. The Bertz CT molecular complexity index is 875. The van der Waals surface area contributed by atoms with Crippen LogP contribution in [0, 0.1) is 11.6 Å². The molecule has 0 bridgehead atoms. The van der Waals surface area contributed by atoms with E-state index in [1.165, 1.54) is 27.9 Å². The van der Waals surface area contributed by atoms with Gasteiger partial charge in [-0.15, -0.1) is 11.3 Å². The molecule has 3 rings (SSSR count). The van der Waals surface area contributed by atoms with Gasteiger partial charge in [0.15, 0.2) is 16.6 Å². The SMILES string of the molecule is C[C@H](NCc1cc(=O)n2ccsc2n1)c1ccc(F)c(F)c1. The fraction of sp³-hybridized carbons (Fsp3) is 0.200. The molecule has 0 aliphatic rings. The lowest BCUT2D eigenvalue weighted by atomic mass is 10.1. The minimum Gasteiger partial charge on any atom is -0.305 e. The van der Waals surface area contributed by atoms with Crippen LogP contribution in [0.4, 0.5) is 8.78 Å². The second-order valence-electron chi connectivity index (χ2n) is 4.92. The number of hydrogen-bond acceptors (Lipinski definition) is 4. The van der Waals surface area contributed by atoms with Crippen molar-refractivity contribution in [3.63, 3.8) is 0 Å². The summed E-state index contributed by atoms with van der Waals surface area (Å²) in [5.41, 5.74) is 1.11. The summed E-state index contributed by atoms with van der Waals surface area (Å²) in [7, 11) is 0.